The lowest BCUT2D eigenvalue weighted by molar-refractivity contribution is -0.793. The van der Waals surface area contributed by atoms with Crippen molar-refractivity contribution >= 4 is 54.5 Å². The number of carbonyl (C=O) groups excluding carboxylic acids is 1. The van der Waals surface area contributed by atoms with Crippen molar-refractivity contribution in [3.63, 3.8) is 0 Å². The van der Waals surface area contributed by atoms with Crippen LogP contribution in [0.5, 0.6) is 5.75 Å². The molecule has 0 aliphatic heterocycles. The van der Waals surface area contributed by atoms with E-state index in [0.29, 0.717) is 22.1 Å². The van der Waals surface area contributed by atoms with Crippen LogP contribution in [0.4, 0.5) is 0 Å². The number of aromatic hydroxyl groups is 1. The molecule has 1 aromatic heterocycles. The third-order valence-electron chi connectivity index (χ3n) is 5.87. The normalized spacial score (nSPS) is 18.7. The second kappa shape index (κ2) is 5.80. The standard InChI is InChI=1S/C22H10Br2N2O4/c23-12-3-4-14-10(7-12)2-6-17(28)22(14)15-9-13(24)8-11-1-5-16(27)19(18(11)15)20-21(22)25-30-26(20)29/h1-9,27H. The second-order valence-corrected chi connectivity index (χ2v) is 9.15. The van der Waals surface area contributed by atoms with Gasteiger partial charge < -0.3 is 10.3 Å². The smallest absolute Gasteiger partial charge is 0.249 e. The maximum absolute atomic E-state index is 13.7. The Kier molecular flexibility index (Phi) is 3.45. The molecule has 2 aliphatic carbocycles. The molecule has 0 saturated heterocycles. The van der Waals surface area contributed by atoms with Crippen LogP contribution in [-0.2, 0) is 10.2 Å². The van der Waals surface area contributed by atoms with Gasteiger partial charge in [0.2, 0.25) is 11.4 Å². The van der Waals surface area contributed by atoms with E-state index in [0.717, 1.165) is 19.9 Å². The summed E-state index contributed by atoms with van der Waals surface area (Å²) in [5.74, 6) is -0.314. The Balaban J connectivity index is 1.92. The van der Waals surface area contributed by atoms with E-state index in [4.69, 9.17) is 4.63 Å². The average molecular weight is 526 g/mol. The molecule has 1 heterocycles. The van der Waals surface area contributed by atoms with Crippen molar-refractivity contribution in [1.82, 2.24) is 5.16 Å². The van der Waals surface area contributed by atoms with Crippen molar-refractivity contribution in [3.05, 3.63) is 85.1 Å². The van der Waals surface area contributed by atoms with E-state index in [1.54, 1.807) is 12.1 Å². The largest absolute Gasteiger partial charge is 0.507 e. The van der Waals surface area contributed by atoms with Gasteiger partial charge in [0.25, 0.3) is 0 Å². The Morgan fingerprint density at radius 3 is 2.70 bits per heavy atom. The van der Waals surface area contributed by atoms with E-state index >= 15 is 0 Å². The molecule has 3 aromatic carbocycles. The van der Waals surface area contributed by atoms with Crippen molar-refractivity contribution in [2.45, 2.75) is 5.41 Å². The van der Waals surface area contributed by atoms with Gasteiger partial charge in [-0.3, -0.25) is 9.42 Å². The van der Waals surface area contributed by atoms with E-state index in [1.165, 1.54) is 12.1 Å². The number of aromatic nitrogens is 2. The molecule has 0 fully saturated rings. The first kappa shape index (κ1) is 17.9. The zero-order valence-electron chi connectivity index (χ0n) is 15.0. The third kappa shape index (κ3) is 2.00. The van der Waals surface area contributed by atoms with Crippen LogP contribution in [0, 0.1) is 5.21 Å². The minimum atomic E-state index is -1.37. The Labute approximate surface area is 186 Å². The molecule has 146 valence electrons. The highest BCUT2D eigenvalue weighted by Gasteiger charge is 2.57. The Morgan fingerprint density at radius 1 is 1.03 bits per heavy atom. The van der Waals surface area contributed by atoms with E-state index < -0.39 is 5.41 Å². The summed E-state index contributed by atoms with van der Waals surface area (Å²) in [5.41, 5.74) is 1.32. The van der Waals surface area contributed by atoms with Gasteiger partial charge in [0, 0.05) is 19.5 Å². The quantitative estimate of drug-likeness (QED) is 0.339. The topological polar surface area (TPSA) is 90.3 Å². The number of hydrogen-bond donors (Lipinski definition) is 1. The molecular weight excluding hydrogens is 516 g/mol. The molecule has 0 radical (unpaired) electrons. The summed E-state index contributed by atoms with van der Waals surface area (Å²) in [6, 6.07) is 12.6. The number of halogens is 2. The highest BCUT2D eigenvalue weighted by molar-refractivity contribution is 9.10. The molecule has 30 heavy (non-hydrogen) atoms. The minimum Gasteiger partial charge on any atom is -0.507 e. The molecule has 0 amide bonds. The Hall–Kier alpha value is -2.97. The highest BCUT2D eigenvalue weighted by atomic mass is 79.9. The summed E-state index contributed by atoms with van der Waals surface area (Å²) in [6.07, 6.45) is 3.26. The van der Waals surface area contributed by atoms with Gasteiger partial charge in [0.1, 0.15) is 5.75 Å². The molecule has 1 atom stereocenters. The lowest BCUT2D eigenvalue weighted by Gasteiger charge is -2.36. The van der Waals surface area contributed by atoms with Gasteiger partial charge in [0.05, 0.1) is 5.56 Å². The van der Waals surface area contributed by atoms with Crippen molar-refractivity contribution in [3.8, 4) is 17.0 Å². The number of phenolic OH excluding ortho intramolecular Hbond substituents is 1. The lowest BCUT2D eigenvalue weighted by Crippen LogP contribution is -2.43. The van der Waals surface area contributed by atoms with Crippen LogP contribution >= 0.6 is 31.9 Å². The Morgan fingerprint density at radius 2 is 1.87 bits per heavy atom. The molecule has 1 N–H and O–H groups in total. The highest BCUT2D eigenvalue weighted by Crippen LogP contribution is 2.55. The molecular formula is C22H10Br2N2O4. The van der Waals surface area contributed by atoms with E-state index in [-0.39, 0.29) is 27.8 Å². The summed E-state index contributed by atoms with van der Waals surface area (Å²) in [6.45, 7) is 0. The zero-order valence-corrected chi connectivity index (χ0v) is 18.2. The molecule has 6 nitrogen and oxygen atoms in total. The molecule has 6 rings (SSSR count). The average Bonchev–Trinajstić information content (AvgIpc) is 3.10. The van der Waals surface area contributed by atoms with Crippen LogP contribution < -0.4 is 4.90 Å². The fraction of sp³-hybridized carbons (Fsp3) is 0.0455. The predicted octanol–water partition coefficient (Wildman–Crippen LogP) is 4.60. The first-order valence-corrected chi connectivity index (χ1v) is 10.6. The van der Waals surface area contributed by atoms with Gasteiger partial charge >= 0.3 is 0 Å². The number of benzene rings is 3. The third-order valence-corrected chi connectivity index (χ3v) is 6.82. The number of phenols is 1. The van der Waals surface area contributed by atoms with Crippen LogP contribution in [0.2, 0.25) is 0 Å². The van der Waals surface area contributed by atoms with Crippen molar-refractivity contribution in [1.29, 1.82) is 0 Å². The molecule has 8 heteroatoms. The van der Waals surface area contributed by atoms with Gasteiger partial charge in [-0.15, -0.1) is 0 Å². The number of rotatable bonds is 0. The van der Waals surface area contributed by atoms with Crippen LogP contribution in [0.3, 0.4) is 0 Å². The molecule has 4 aromatic rings. The van der Waals surface area contributed by atoms with Crippen LogP contribution in [-0.4, -0.2) is 16.0 Å². The first-order chi connectivity index (χ1) is 14.4. The number of allylic oxidation sites excluding steroid dienone is 1. The molecule has 0 saturated carbocycles. The summed E-state index contributed by atoms with van der Waals surface area (Å²) in [4.78, 5) is 13.9. The van der Waals surface area contributed by atoms with E-state index in [2.05, 4.69) is 37.0 Å². The second-order valence-electron chi connectivity index (χ2n) is 7.32. The van der Waals surface area contributed by atoms with Gasteiger partial charge in [-0.2, -0.15) is 0 Å². The van der Waals surface area contributed by atoms with Gasteiger partial charge in [-0.1, -0.05) is 50.1 Å². The number of fused-ring (bicyclic) bond motifs is 6. The molecule has 1 unspecified atom stereocenters. The number of carbonyl (C=O) groups is 1. The SMILES string of the molecule is O=C1C=Cc2cc(Br)ccc2C12c1no[n+]([O-])c1-c1c(O)ccc3cc(Br)cc2c13. The van der Waals surface area contributed by atoms with Gasteiger partial charge in [-0.25, -0.2) is 0 Å². The predicted molar refractivity (Wildman–Crippen MR) is 116 cm³/mol. The van der Waals surface area contributed by atoms with Crippen LogP contribution in [0.15, 0.2) is 62.1 Å². The van der Waals surface area contributed by atoms with E-state index in [9.17, 15) is 15.1 Å². The van der Waals surface area contributed by atoms with Crippen LogP contribution in [0.1, 0.15) is 22.4 Å². The molecule has 1 spiro atoms. The maximum Gasteiger partial charge on any atom is 0.249 e. The summed E-state index contributed by atoms with van der Waals surface area (Å²) in [7, 11) is 0. The minimum absolute atomic E-state index is 0.0467. The molecule has 0 bridgehead atoms. The summed E-state index contributed by atoms with van der Waals surface area (Å²) >= 11 is 7.03. The Bertz CT molecular complexity index is 1470. The maximum atomic E-state index is 13.7. The zero-order chi connectivity index (χ0) is 20.8. The fourth-order valence-electron chi connectivity index (χ4n) is 4.74. The lowest BCUT2D eigenvalue weighted by atomic mass is 9.61. The van der Waals surface area contributed by atoms with Gasteiger partial charge in [0.15, 0.2) is 11.2 Å². The van der Waals surface area contributed by atoms with E-state index in [1.807, 2.05) is 30.3 Å². The van der Waals surface area contributed by atoms with Crippen molar-refractivity contribution in [2.75, 3.05) is 0 Å². The van der Waals surface area contributed by atoms with Gasteiger partial charge in [-0.05, 0) is 63.4 Å². The molecule has 2 aliphatic rings. The first-order valence-electron chi connectivity index (χ1n) is 9.01. The summed E-state index contributed by atoms with van der Waals surface area (Å²) < 4.78 is 6.61. The van der Waals surface area contributed by atoms with Crippen molar-refractivity contribution in [2.24, 2.45) is 0 Å². The summed E-state index contributed by atoms with van der Waals surface area (Å²) in [5, 5.41) is 28.8. The monoisotopic (exact) mass is 524 g/mol. The van der Waals surface area contributed by atoms with Crippen LogP contribution in [0.25, 0.3) is 28.1 Å². The number of ketones is 1. The van der Waals surface area contributed by atoms with Crippen molar-refractivity contribution < 1.29 is 19.4 Å². The number of hydrogen-bond acceptors (Lipinski definition) is 5. The fourth-order valence-corrected chi connectivity index (χ4v) is 5.60. The number of nitrogens with zero attached hydrogens (tertiary/aromatic N) is 2.